The molecule has 0 amide bonds. The van der Waals surface area contributed by atoms with Gasteiger partial charge in [-0.25, -0.2) is 14.4 Å². The quantitative estimate of drug-likeness (QED) is 0.366. The molecule has 0 aromatic heterocycles. The molecule has 0 aliphatic carbocycles. The summed E-state index contributed by atoms with van der Waals surface area (Å²) in [7, 11) is 0. The summed E-state index contributed by atoms with van der Waals surface area (Å²) in [6, 6.07) is 6.02. The predicted octanol–water partition coefficient (Wildman–Crippen LogP) is 0.845. The smallest absolute Gasteiger partial charge is 0.349 e. The van der Waals surface area contributed by atoms with Crippen LogP contribution in [0, 0.1) is 0 Å². The fourth-order valence-electron chi connectivity index (χ4n) is 1.18. The lowest BCUT2D eigenvalue weighted by molar-refractivity contribution is -0.133. The minimum atomic E-state index is -0.904. The molecule has 0 spiro atoms. The van der Waals surface area contributed by atoms with Crippen molar-refractivity contribution in [2.45, 2.75) is 0 Å². The second-order valence-corrected chi connectivity index (χ2v) is 2.96. The Labute approximate surface area is 90.3 Å². The van der Waals surface area contributed by atoms with Crippen LogP contribution in [0.1, 0.15) is 10.4 Å². The van der Waals surface area contributed by atoms with Gasteiger partial charge in [-0.1, -0.05) is 12.1 Å². The molecule has 0 unspecified atom stereocenters. The molecular weight excluding hydrogens is 212 g/mol. The molecule has 0 radical (unpaired) electrons. The number of cyclic esters (lactones) is 2. The zero-order valence-electron chi connectivity index (χ0n) is 8.01. The van der Waals surface area contributed by atoms with E-state index in [0.717, 1.165) is 12.2 Å². The van der Waals surface area contributed by atoms with Crippen LogP contribution in [-0.2, 0) is 14.3 Å². The van der Waals surface area contributed by atoms with E-state index in [1.807, 2.05) is 0 Å². The summed E-state index contributed by atoms with van der Waals surface area (Å²) < 4.78 is 9.31. The number of benzene rings is 1. The minimum Gasteiger partial charge on any atom is -0.422 e. The van der Waals surface area contributed by atoms with E-state index in [-0.39, 0.29) is 11.3 Å². The van der Waals surface area contributed by atoms with Gasteiger partial charge in [-0.2, -0.15) is 0 Å². The highest BCUT2D eigenvalue weighted by atomic mass is 16.6. The lowest BCUT2D eigenvalue weighted by Crippen LogP contribution is -2.10. The molecule has 0 saturated heterocycles. The summed E-state index contributed by atoms with van der Waals surface area (Å²) in [5, 5.41) is 0. The third kappa shape index (κ3) is 1.98. The van der Waals surface area contributed by atoms with Crippen LogP contribution < -0.4 is 4.74 Å². The van der Waals surface area contributed by atoms with Crippen molar-refractivity contribution >= 4 is 17.9 Å². The SMILES string of the molecule is O=C1/C=C/C(=O)Oc2ccccc2C(=O)O1. The summed E-state index contributed by atoms with van der Waals surface area (Å²) in [5.74, 6) is -2.42. The Bertz CT molecular complexity index is 501. The minimum absolute atomic E-state index is 0.0351. The Morgan fingerprint density at radius 3 is 2.19 bits per heavy atom. The third-order valence-corrected chi connectivity index (χ3v) is 1.87. The molecule has 0 bridgehead atoms. The van der Waals surface area contributed by atoms with E-state index in [4.69, 9.17) is 4.74 Å². The van der Waals surface area contributed by atoms with Crippen LogP contribution in [0.2, 0.25) is 0 Å². The molecule has 2 rings (SSSR count). The molecule has 1 aromatic carbocycles. The van der Waals surface area contributed by atoms with E-state index < -0.39 is 17.9 Å². The van der Waals surface area contributed by atoms with Crippen molar-refractivity contribution in [3.8, 4) is 5.75 Å². The van der Waals surface area contributed by atoms with Gasteiger partial charge in [0.1, 0.15) is 11.3 Å². The number of rotatable bonds is 0. The first-order chi connectivity index (χ1) is 7.66. The van der Waals surface area contributed by atoms with Gasteiger partial charge in [-0.05, 0) is 12.1 Å². The maximum Gasteiger partial charge on any atom is 0.349 e. The van der Waals surface area contributed by atoms with Crippen molar-refractivity contribution in [2.75, 3.05) is 0 Å². The van der Waals surface area contributed by atoms with Crippen LogP contribution in [0.3, 0.4) is 0 Å². The lowest BCUT2D eigenvalue weighted by atomic mass is 10.2. The van der Waals surface area contributed by atoms with Crippen molar-refractivity contribution in [1.29, 1.82) is 0 Å². The molecule has 1 aliphatic rings. The molecule has 0 fully saturated rings. The summed E-state index contributed by atoms with van der Waals surface area (Å²) in [5.41, 5.74) is 0.0351. The van der Waals surface area contributed by atoms with Gasteiger partial charge in [0, 0.05) is 12.2 Å². The van der Waals surface area contributed by atoms with Gasteiger partial charge in [0.25, 0.3) is 0 Å². The normalized spacial score (nSPS) is 17.4. The number of hydrogen-bond donors (Lipinski definition) is 0. The highest BCUT2D eigenvalue weighted by molar-refractivity contribution is 6.04. The number of esters is 3. The predicted molar refractivity (Wildman–Crippen MR) is 51.6 cm³/mol. The van der Waals surface area contributed by atoms with Gasteiger partial charge in [-0.15, -0.1) is 0 Å². The Kier molecular flexibility index (Phi) is 2.51. The second-order valence-electron chi connectivity index (χ2n) is 2.96. The third-order valence-electron chi connectivity index (χ3n) is 1.87. The summed E-state index contributed by atoms with van der Waals surface area (Å²) >= 11 is 0. The van der Waals surface area contributed by atoms with Crippen LogP contribution in [-0.4, -0.2) is 17.9 Å². The molecule has 16 heavy (non-hydrogen) atoms. The van der Waals surface area contributed by atoms with E-state index in [9.17, 15) is 14.4 Å². The van der Waals surface area contributed by atoms with Gasteiger partial charge in [0.05, 0.1) is 0 Å². The Hall–Kier alpha value is -2.43. The van der Waals surface area contributed by atoms with Crippen LogP contribution in [0.15, 0.2) is 36.4 Å². The van der Waals surface area contributed by atoms with Crippen LogP contribution in [0.25, 0.3) is 0 Å². The van der Waals surface area contributed by atoms with Gasteiger partial charge >= 0.3 is 17.9 Å². The maximum absolute atomic E-state index is 11.5. The van der Waals surface area contributed by atoms with Gasteiger partial charge in [0.2, 0.25) is 0 Å². The molecule has 80 valence electrons. The second kappa shape index (κ2) is 3.98. The van der Waals surface area contributed by atoms with Crippen molar-refractivity contribution in [2.24, 2.45) is 0 Å². The number of carbonyl (C=O) groups is 3. The Morgan fingerprint density at radius 2 is 1.44 bits per heavy atom. The first-order valence-electron chi connectivity index (χ1n) is 4.42. The van der Waals surface area contributed by atoms with Gasteiger partial charge in [-0.3, -0.25) is 0 Å². The molecule has 5 nitrogen and oxygen atoms in total. The largest absolute Gasteiger partial charge is 0.422 e. The van der Waals surface area contributed by atoms with Gasteiger partial charge < -0.3 is 9.47 Å². The number of para-hydroxylation sites is 1. The van der Waals surface area contributed by atoms with E-state index in [1.165, 1.54) is 12.1 Å². The maximum atomic E-state index is 11.5. The number of fused-ring (bicyclic) bond motifs is 1. The van der Waals surface area contributed by atoms with Crippen LogP contribution in [0.4, 0.5) is 0 Å². The number of carbonyl (C=O) groups excluding carboxylic acids is 3. The number of hydrogen-bond acceptors (Lipinski definition) is 5. The average molecular weight is 218 g/mol. The standard InChI is InChI=1S/C11H6O5/c12-9-5-6-10(13)16-11(14)7-3-1-2-4-8(7)15-9/h1-6H/b6-5+. The highest BCUT2D eigenvalue weighted by Crippen LogP contribution is 2.20. The van der Waals surface area contributed by atoms with Crippen molar-refractivity contribution < 1.29 is 23.9 Å². The molecule has 1 heterocycles. The van der Waals surface area contributed by atoms with Crippen LogP contribution >= 0.6 is 0 Å². The summed E-state index contributed by atoms with van der Waals surface area (Å²) in [4.78, 5) is 33.7. The van der Waals surface area contributed by atoms with E-state index in [0.29, 0.717) is 0 Å². The van der Waals surface area contributed by atoms with Crippen LogP contribution in [0.5, 0.6) is 5.75 Å². The van der Waals surface area contributed by atoms with E-state index in [2.05, 4.69) is 4.74 Å². The first kappa shape index (κ1) is 10.1. The van der Waals surface area contributed by atoms with Crippen molar-refractivity contribution in [1.82, 2.24) is 0 Å². The zero-order chi connectivity index (χ0) is 11.5. The molecule has 0 saturated carbocycles. The molecular formula is C11H6O5. The lowest BCUT2D eigenvalue weighted by Gasteiger charge is -2.05. The van der Waals surface area contributed by atoms with Crippen molar-refractivity contribution in [3.05, 3.63) is 42.0 Å². The monoisotopic (exact) mass is 218 g/mol. The topological polar surface area (TPSA) is 69.7 Å². The fraction of sp³-hybridized carbons (Fsp3) is 0. The molecule has 0 N–H and O–H groups in total. The fourth-order valence-corrected chi connectivity index (χ4v) is 1.18. The van der Waals surface area contributed by atoms with E-state index in [1.54, 1.807) is 12.1 Å². The van der Waals surface area contributed by atoms with Crippen molar-refractivity contribution in [3.63, 3.8) is 0 Å². The Balaban J connectivity index is 2.48. The molecule has 1 aromatic rings. The molecule has 1 aliphatic heterocycles. The average Bonchev–Trinajstić information content (AvgIpc) is 2.30. The van der Waals surface area contributed by atoms with Gasteiger partial charge in [0.15, 0.2) is 0 Å². The summed E-state index contributed by atoms with van der Waals surface area (Å²) in [6.07, 6.45) is 1.74. The molecule has 5 heteroatoms. The zero-order valence-corrected chi connectivity index (χ0v) is 8.01. The Morgan fingerprint density at radius 1 is 0.812 bits per heavy atom. The summed E-state index contributed by atoms with van der Waals surface area (Å²) in [6.45, 7) is 0. The number of ether oxygens (including phenoxy) is 2. The molecule has 0 atom stereocenters. The van der Waals surface area contributed by atoms with E-state index >= 15 is 0 Å². The first-order valence-corrected chi connectivity index (χ1v) is 4.42. The highest BCUT2D eigenvalue weighted by Gasteiger charge is 2.19.